The van der Waals surface area contributed by atoms with E-state index in [0.29, 0.717) is 50.8 Å². The first kappa shape index (κ1) is 22.1. The first-order valence-electron chi connectivity index (χ1n) is 9.46. The Bertz CT molecular complexity index is 1140. The van der Waals surface area contributed by atoms with Crippen molar-refractivity contribution in [2.45, 2.75) is 6.92 Å². The molecule has 0 heterocycles. The van der Waals surface area contributed by atoms with Crippen molar-refractivity contribution in [3.63, 3.8) is 0 Å². The Labute approximate surface area is 180 Å². The lowest BCUT2D eigenvalue weighted by Crippen LogP contribution is -2.13. The zero-order chi connectivity index (χ0) is 22.7. The minimum Gasteiger partial charge on any atom is -0.496 e. The van der Waals surface area contributed by atoms with Gasteiger partial charge in [-0.2, -0.15) is 0 Å². The van der Waals surface area contributed by atoms with Crippen LogP contribution in [0.1, 0.15) is 5.56 Å². The standard InChI is InChI=1S/C23H26O8/c1-12-18-13(10-16(27-4)21(12)31-11-17(24)28-5)22(29-6)19-14(25-2)8-9-15(26-3)20(19)23(18)30-7/h8-10H,11H2,1-7H3. The average molecular weight is 430 g/mol. The van der Waals surface area contributed by atoms with Gasteiger partial charge in [0.15, 0.2) is 18.1 Å². The molecule has 0 bridgehead atoms. The van der Waals surface area contributed by atoms with E-state index in [1.54, 1.807) is 34.5 Å². The number of benzene rings is 3. The smallest absolute Gasteiger partial charge is 0.343 e. The van der Waals surface area contributed by atoms with E-state index in [1.807, 2.05) is 19.1 Å². The van der Waals surface area contributed by atoms with Crippen molar-refractivity contribution in [3.8, 4) is 34.5 Å². The largest absolute Gasteiger partial charge is 0.496 e. The van der Waals surface area contributed by atoms with Crippen LogP contribution in [0, 0.1) is 6.92 Å². The van der Waals surface area contributed by atoms with E-state index in [4.69, 9.17) is 28.4 Å². The number of hydrogen-bond donors (Lipinski definition) is 0. The average Bonchev–Trinajstić information content (AvgIpc) is 2.80. The summed E-state index contributed by atoms with van der Waals surface area (Å²) in [7, 11) is 9.17. The van der Waals surface area contributed by atoms with Crippen molar-refractivity contribution in [2.75, 3.05) is 49.3 Å². The molecule has 0 amide bonds. The van der Waals surface area contributed by atoms with E-state index < -0.39 is 5.97 Å². The van der Waals surface area contributed by atoms with Gasteiger partial charge in [0.25, 0.3) is 0 Å². The van der Waals surface area contributed by atoms with Gasteiger partial charge in [0.1, 0.15) is 23.0 Å². The van der Waals surface area contributed by atoms with Crippen molar-refractivity contribution in [1.29, 1.82) is 0 Å². The SMILES string of the molecule is COC(=O)COc1c(OC)cc2c(OC)c3c(OC)ccc(OC)c3c(OC)c2c1C. The van der Waals surface area contributed by atoms with Crippen molar-refractivity contribution in [3.05, 3.63) is 23.8 Å². The normalized spacial score (nSPS) is 10.7. The molecule has 3 aromatic carbocycles. The molecule has 0 aromatic heterocycles. The molecule has 0 fully saturated rings. The zero-order valence-corrected chi connectivity index (χ0v) is 18.7. The van der Waals surface area contributed by atoms with Crippen LogP contribution in [-0.4, -0.2) is 55.2 Å². The van der Waals surface area contributed by atoms with Crippen LogP contribution in [0.5, 0.6) is 34.5 Å². The molecule has 0 unspecified atom stereocenters. The molecule has 8 nitrogen and oxygen atoms in total. The second-order valence-corrected chi connectivity index (χ2v) is 6.61. The minimum absolute atomic E-state index is 0.261. The second-order valence-electron chi connectivity index (χ2n) is 6.61. The van der Waals surface area contributed by atoms with Gasteiger partial charge in [-0.25, -0.2) is 4.79 Å². The van der Waals surface area contributed by atoms with Crippen LogP contribution in [0.2, 0.25) is 0 Å². The molecule has 0 radical (unpaired) electrons. The van der Waals surface area contributed by atoms with Crippen LogP contribution in [-0.2, 0) is 9.53 Å². The fourth-order valence-electron chi connectivity index (χ4n) is 3.79. The monoisotopic (exact) mass is 430 g/mol. The Balaban J connectivity index is 2.52. The topological polar surface area (TPSA) is 81.7 Å². The Hall–Kier alpha value is -3.55. The summed E-state index contributed by atoms with van der Waals surface area (Å²) in [5.74, 6) is 2.68. The van der Waals surface area contributed by atoms with Gasteiger partial charge < -0.3 is 33.2 Å². The Morgan fingerprint density at radius 2 is 1.26 bits per heavy atom. The van der Waals surface area contributed by atoms with E-state index in [1.165, 1.54) is 14.2 Å². The van der Waals surface area contributed by atoms with E-state index >= 15 is 0 Å². The highest BCUT2D eigenvalue weighted by molar-refractivity contribution is 6.17. The molecular weight excluding hydrogens is 404 g/mol. The van der Waals surface area contributed by atoms with E-state index in [2.05, 4.69) is 4.74 Å². The van der Waals surface area contributed by atoms with Crippen molar-refractivity contribution < 1.29 is 38.0 Å². The third kappa shape index (κ3) is 3.58. The highest BCUT2D eigenvalue weighted by Crippen LogP contribution is 2.53. The summed E-state index contributed by atoms with van der Waals surface area (Å²) in [6.45, 7) is 1.60. The number of esters is 1. The second kappa shape index (κ2) is 9.07. The summed E-state index contributed by atoms with van der Waals surface area (Å²) in [5.41, 5.74) is 0.708. The van der Waals surface area contributed by atoms with Gasteiger partial charge in [0.05, 0.1) is 53.4 Å². The number of fused-ring (bicyclic) bond motifs is 2. The quantitative estimate of drug-likeness (QED) is 0.393. The minimum atomic E-state index is -0.504. The lowest BCUT2D eigenvalue weighted by Gasteiger charge is -2.22. The van der Waals surface area contributed by atoms with Gasteiger partial charge in [-0.3, -0.25) is 0 Å². The Morgan fingerprint density at radius 1 is 0.710 bits per heavy atom. The third-order valence-electron chi connectivity index (χ3n) is 5.17. The van der Waals surface area contributed by atoms with Crippen LogP contribution in [0.25, 0.3) is 21.5 Å². The summed E-state index contributed by atoms with van der Waals surface area (Å²) in [5, 5.41) is 2.87. The molecule has 0 N–H and O–H groups in total. The molecule has 0 aliphatic heterocycles. The number of rotatable bonds is 8. The van der Waals surface area contributed by atoms with Crippen LogP contribution >= 0.6 is 0 Å². The molecule has 0 aliphatic rings. The van der Waals surface area contributed by atoms with Crippen LogP contribution in [0.3, 0.4) is 0 Å². The fraction of sp³-hybridized carbons (Fsp3) is 0.348. The highest BCUT2D eigenvalue weighted by Gasteiger charge is 2.26. The van der Waals surface area contributed by atoms with Crippen molar-refractivity contribution in [1.82, 2.24) is 0 Å². The summed E-state index contributed by atoms with van der Waals surface area (Å²) >= 11 is 0. The number of hydrogen-bond acceptors (Lipinski definition) is 8. The fourth-order valence-corrected chi connectivity index (χ4v) is 3.79. The molecule has 0 saturated heterocycles. The summed E-state index contributed by atoms with van der Waals surface area (Å²) in [6, 6.07) is 5.41. The van der Waals surface area contributed by atoms with E-state index in [9.17, 15) is 4.79 Å². The van der Waals surface area contributed by atoms with Crippen molar-refractivity contribution >= 4 is 27.5 Å². The van der Waals surface area contributed by atoms with Gasteiger partial charge in [-0.1, -0.05) is 0 Å². The predicted molar refractivity (Wildman–Crippen MR) is 116 cm³/mol. The molecular formula is C23H26O8. The summed E-state index contributed by atoms with van der Waals surface area (Å²) < 4.78 is 38.9. The van der Waals surface area contributed by atoms with Gasteiger partial charge in [-0.05, 0) is 25.1 Å². The highest BCUT2D eigenvalue weighted by atomic mass is 16.6. The number of methoxy groups -OCH3 is 6. The van der Waals surface area contributed by atoms with Gasteiger partial charge in [-0.15, -0.1) is 0 Å². The lowest BCUT2D eigenvalue weighted by molar-refractivity contribution is -0.142. The number of carbonyl (C=O) groups is 1. The first-order chi connectivity index (χ1) is 15.0. The number of ether oxygens (including phenoxy) is 7. The van der Waals surface area contributed by atoms with Gasteiger partial charge in [0.2, 0.25) is 0 Å². The molecule has 0 atom stereocenters. The molecule has 8 heteroatoms. The van der Waals surface area contributed by atoms with Crippen LogP contribution in [0.15, 0.2) is 18.2 Å². The van der Waals surface area contributed by atoms with Gasteiger partial charge >= 0.3 is 5.97 Å². The van der Waals surface area contributed by atoms with Crippen LogP contribution in [0.4, 0.5) is 0 Å². The summed E-state index contributed by atoms with van der Waals surface area (Å²) in [4.78, 5) is 11.6. The first-order valence-corrected chi connectivity index (χ1v) is 9.46. The molecule has 166 valence electrons. The maximum atomic E-state index is 11.6. The maximum absolute atomic E-state index is 11.6. The summed E-state index contributed by atoms with van der Waals surface area (Å²) in [6.07, 6.45) is 0. The molecule has 0 spiro atoms. The van der Waals surface area contributed by atoms with Gasteiger partial charge in [0, 0.05) is 16.3 Å². The molecule has 3 rings (SSSR count). The predicted octanol–water partition coefficient (Wildman–Crippen LogP) is 3.90. The molecule has 3 aromatic rings. The third-order valence-corrected chi connectivity index (χ3v) is 5.17. The van der Waals surface area contributed by atoms with Crippen LogP contribution < -0.4 is 28.4 Å². The van der Waals surface area contributed by atoms with E-state index in [0.717, 1.165) is 10.8 Å². The Kier molecular flexibility index (Phi) is 6.48. The zero-order valence-electron chi connectivity index (χ0n) is 18.7. The maximum Gasteiger partial charge on any atom is 0.343 e. The number of aryl methyl sites for hydroxylation is 1. The Morgan fingerprint density at radius 3 is 1.74 bits per heavy atom. The van der Waals surface area contributed by atoms with Crippen molar-refractivity contribution in [2.24, 2.45) is 0 Å². The molecule has 31 heavy (non-hydrogen) atoms. The van der Waals surface area contributed by atoms with E-state index in [-0.39, 0.29) is 6.61 Å². The number of carbonyl (C=O) groups excluding carboxylic acids is 1. The molecule has 0 aliphatic carbocycles. The molecule has 0 saturated carbocycles. The lowest BCUT2D eigenvalue weighted by atomic mass is 9.95.